The Kier molecular flexibility index (Phi) is 3.49. The molecule has 0 saturated heterocycles. The third kappa shape index (κ3) is 2.86. The van der Waals surface area contributed by atoms with Gasteiger partial charge in [0.15, 0.2) is 5.82 Å². The van der Waals surface area contributed by atoms with E-state index in [1.165, 1.54) is 30.3 Å². The Hall–Kier alpha value is -2.94. The van der Waals surface area contributed by atoms with Gasteiger partial charge < -0.3 is 4.52 Å². The molecule has 1 aliphatic rings. The second-order valence-corrected chi connectivity index (χ2v) is 6.45. The number of sulfonamides is 1. The third-order valence-electron chi connectivity index (χ3n) is 3.08. The van der Waals surface area contributed by atoms with Crippen molar-refractivity contribution in [3.63, 3.8) is 0 Å². The van der Waals surface area contributed by atoms with Gasteiger partial charge in [0.25, 0.3) is 21.8 Å². The second kappa shape index (κ2) is 5.36. The van der Waals surface area contributed by atoms with Gasteiger partial charge in [0.2, 0.25) is 0 Å². The molecular weight excluding hydrogens is 322 g/mol. The van der Waals surface area contributed by atoms with Crippen LogP contribution in [0.2, 0.25) is 0 Å². The SMILES string of the molecule is Cc1cc(NS(=O)(=O)c2ccc(N3C(=O)C=CC3=O)cc2)no1. The van der Waals surface area contributed by atoms with Gasteiger partial charge in [0.05, 0.1) is 10.6 Å². The highest BCUT2D eigenvalue weighted by Crippen LogP contribution is 2.22. The van der Waals surface area contributed by atoms with Gasteiger partial charge in [-0.1, -0.05) is 5.16 Å². The van der Waals surface area contributed by atoms with E-state index in [0.29, 0.717) is 11.4 Å². The average molecular weight is 333 g/mol. The summed E-state index contributed by atoms with van der Waals surface area (Å²) in [7, 11) is -3.84. The molecule has 2 amide bonds. The summed E-state index contributed by atoms with van der Waals surface area (Å²) in [5.41, 5.74) is 0.293. The van der Waals surface area contributed by atoms with Crippen LogP contribution < -0.4 is 9.62 Å². The quantitative estimate of drug-likeness (QED) is 0.842. The number of aryl methyl sites for hydroxylation is 1. The van der Waals surface area contributed by atoms with Crippen LogP contribution in [0.15, 0.2) is 51.9 Å². The van der Waals surface area contributed by atoms with E-state index in [4.69, 9.17) is 4.52 Å². The van der Waals surface area contributed by atoms with Crippen LogP contribution in [0.5, 0.6) is 0 Å². The number of nitrogens with one attached hydrogen (secondary N) is 1. The van der Waals surface area contributed by atoms with E-state index < -0.39 is 21.8 Å². The van der Waals surface area contributed by atoms with Gasteiger partial charge in [-0.15, -0.1) is 0 Å². The van der Waals surface area contributed by atoms with Crippen molar-refractivity contribution in [1.29, 1.82) is 0 Å². The van der Waals surface area contributed by atoms with E-state index in [2.05, 4.69) is 9.88 Å². The molecular formula is C14H11N3O5S. The third-order valence-corrected chi connectivity index (χ3v) is 4.45. The van der Waals surface area contributed by atoms with Gasteiger partial charge in [0, 0.05) is 18.2 Å². The standard InChI is InChI=1S/C14H11N3O5S/c1-9-8-12(15-22-9)16-23(20,21)11-4-2-10(3-5-11)17-13(18)6-7-14(17)19/h2-8H,1H3,(H,15,16). The number of anilines is 2. The van der Waals surface area contributed by atoms with Crippen molar-refractivity contribution in [2.45, 2.75) is 11.8 Å². The number of amides is 2. The van der Waals surface area contributed by atoms with Crippen LogP contribution in [0.4, 0.5) is 11.5 Å². The molecule has 23 heavy (non-hydrogen) atoms. The minimum absolute atomic E-state index is 0.0334. The van der Waals surface area contributed by atoms with Crippen molar-refractivity contribution in [2.24, 2.45) is 0 Å². The fourth-order valence-corrected chi connectivity index (χ4v) is 3.02. The van der Waals surface area contributed by atoms with E-state index in [1.807, 2.05) is 0 Å². The summed E-state index contributed by atoms with van der Waals surface area (Å²) in [5, 5.41) is 3.56. The second-order valence-electron chi connectivity index (χ2n) is 4.77. The molecule has 1 aliphatic heterocycles. The molecule has 0 radical (unpaired) electrons. The molecule has 0 fully saturated rings. The number of hydrogen-bond donors (Lipinski definition) is 1. The molecule has 1 aromatic heterocycles. The highest BCUT2D eigenvalue weighted by molar-refractivity contribution is 7.92. The summed E-state index contributed by atoms with van der Waals surface area (Å²) >= 11 is 0. The van der Waals surface area contributed by atoms with Gasteiger partial charge in [0.1, 0.15) is 5.76 Å². The lowest BCUT2D eigenvalue weighted by Gasteiger charge is -2.14. The minimum Gasteiger partial charge on any atom is -0.360 e. The first kappa shape index (κ1) is 15.0. The number of hydrogen-bond acceptors (Lipinski definition) is 6. The smallest absolute Gasteiger partial charge is 0.263 e. The molecule has 0 spiro atoms. The molecule has 2 heterocycles. The molecule has 118 valence electrons. The monoisotopic (exact) mass is 333 g/mol. The maximum atomic E-state index is 12.2. The Morgan fingerprint density at radius 3 is 2.22 bits per heavy atom. The zero-order valence-electron chi connectivity index (χ0n) is 11.9. The van der Waals surface area contributed by atoms with Crippen LogP contribution in [0.3, 0.4) is 0 Å². The van der Waals surface area contributed by atoms with Gasteiger partial charge in [-0.25, -0.2) is 13.3 Å². The molecule has 0 bridgehead atoms. The largest absolute Gasteiger partial charge is 0.360 e. The number of carbonyl (C=O) groups excluding carboxylic acids is 2. The first-order valence-corrected chi connectivity index (χ1v) is 7.97. The summed E-state index contributed by atoms with van der Waals surface area (Å²) in [6.07, 6.45) is 2.31. The predicted molar refractivity (Wildman–Crippen MR) is 80.1 cm³/mol. The summed E-state index contributed by atoms with van der Waals surface area (Å²) in [5.74, 6) is -0.402. The Morgan fingerprint density at radius 1 is 1.09 bits per heavy atom. The fourth-order valence-electron chi connectivity index (χ4n) is 2.04. The van der Waals surface area contributed by atoms with E-state index in [1.54, 1.807) is 6.92 Å². The molecule has 2 aromatic rings. The van der Waals surface area contributed by atoms with Gasteiger partial charge >= 0.3 is 0 Å². The number of carbonyl (C=O) groups is 2. The van der Waals surface area contributed by atoms with Crippen LogP contribution in [0.25, 0.3) is 0 Å². The van der Waals surface area contributed by atoms with Crippen molar-refractivity contribution in [1.82, 2.24) is 5.16 Å². The summed E-state index contributed by atoms with van der Waals surface area (Å²) < 4.78 is 31.5. The van der Waals surface area contributed by atoms with Gasteiger partial charge in [-0.3, -0.25) is 14.3 Å². The van der Waals surface area contributed by atoms with Crippen molar-refractivity contribution in [3.8, 4) is 0 Å². The number of aromatic nitrogens is 1. The lowest BCUT2D eigenvalue weighted by atomic mass is 10.3. The summed E-state index contributed by atoms with van der Waals surface area (Å²) in [4.78, 5) is 24.1. The first-order chi connectivity index (χ1) is 10.9. The molecule has 0 aliphatic carbocycles. The fraction of sp³-hybridized carbons (Fsp3) is 0.0714. The van der Waals surface area contributed by atoms with Crippen molar-refractivity contribution in [2.75, 3.05) is 9.62 Å². The Morgan fingerprint density at radius 2 is 1.70 bits per heavy atom. The molecule has 9 heteroatoms. The molecule has 0 atom stereocenters. The van der Waals surface area contributed by atoms with Crippen LogP contribution in [0.1, 0.15) is 5.76 Å². The van der Waals surface area contributed by atoms with E-state index in [0.717, 1.165) is 17.1 Å². The molecule has 0 unspecified atom stereocenters. The Labute approximate surface area is 131 Å². The van der Waals surface area contributed by atoms with E-state index >= 15 is 0 Å². The first-order valence-electron chi connectivity index (χ1n) is 6.49. The Balaban J connectivity index is 1.84. The maximum Gasteiger partial charge on any atom is 0.263 e. The van der Waals surface area contributed by atoms with Crippen LogP contribution in [-0.4, -0.2) is 25.4 Å². The zero-order valence-corrected chi connectivity index (χ0v) is 12.7. The minimum atomic E-state index is -3.84. The van der Waals surface area contributed by atoms with Crippen LogP contribution in [0, 0.1) is 6.92 Å². The number of benzene rings is 1. The molecule has 3 rings (SSSR count). The van der Waals surface area contributed by atoms with E-state index in [9.17, 15) is 18.0 Å². The topological polar surface area (TPSA) is 110 Å². The predicted octanol–water partition coefficient (Wildman–Crippen LogP) is 1.21. The number of nitrogens with zero attached hydrogens (tertiary/aromatic N) is 2. The Bertz CT molecular complexity index is 894. The molecule has 1 aromatic carbocycles. The maximum absolute atomic E-state index is 12.2. The lowest BCUT2D eigenvalue weighted by molar-refractivity contribution is -0.119. The lowest BCUT2D eigenvalue weighted by Crippen LogP contribution is -2.29. The van der Waals surface area contributed by atoms with Crippen molar-refractivity contribution >= 4 is 33.3 Å². The van der Waals surface area contributed by atoms with Crippen molar-refractivity contribution < 1.29 is 22.5 Å². The van der Waals surface area contributed by atoms with Crippen LogP contribution in [-0.2, 0) is 19.6 Å². The number of rotatable bonds is 4. The average Bonchev–Trinajstić information content (AvgIpc) is 3.04. The highest BCUT2D eigenvalue weighted by atomic mass is 32.2. The normalized spacial score (nSPS) is 14.6. The summed E-state index contributed by atoms with van der Waals surface area (Å²) in [6.45, 7) is 1.64. The molecule has 1 N–H and O–H groups in total. The zero-order chi connectivity index (χ0) is 16.6. The van der Waals surface area contributed by atoms with Gasteiger partial charge in [-0.05, 0) is 31.2 Å². The van der Waals surface area contributed by atoms with Gasteiger partial charge in [-0.2, -0.15) is 0 Å². The summed E-state index contributed by atoms with van der Waals surface area (Å²) in [6, 6.07) is 6.79. The van der Waals surface area contributed by atoms with E-state index in [-0.39, 0.29) is 10.7 Å². The number of imide groups is 1. The molecule has 0 saturated carbocycles. The molecule has 8 nitrogen and oxygen atoms in total. The highest BCUT2D eigenvalue weighted by Gasteiger charge is 2.25. The van der Waals surface area contributed by atoms with Crippen molar-refractivity contribution in [3.05, 3.63) is 48.2 Å². The van der Waals surface area contributed by atoms with Crippen LogP contribution >= 0.6 is 0 Å².